The van der Waals surface area contributed by atoms with Crippen LogP contribution in [0.3, 0.4) is 0 Å². The first-order valence-electron chi connectivity index (χ1n) is 4.91. The maximum Gasteiger partial charge on any atom is 0.409 e. The molecule has 0 amide bonds. The molecule has 0 atom stereocenters. The van der Waals surface area contributed by atoms with Gasteiger partial charge in [-0.2, -0.15) is 13.2 Å². The molecule has 0 unspecified atom stereocenters. The van der Waals surface area contributed by atoms with E-state index in [9.17, 15) is 13.2 Å². The molecule has 0 fully saturated rings. The standard InChI is InChI=1S/C12H10F3NO/c1-17-9-2-3-11-10(6-9)8(7-16-11)4-5-12(13,14)15/h2-7,16H,1H3. The van der Waals surface area contributed by atoms with Crippen molar-refractivity contribution >= 4 is 17.0 Å². The molecule has 2 aromatic rings. The van der Waals surface area contributed by atoms with Gasteiger partial charge >= 0.3 is 6.18 Å². The molecule has 5 heteroatoms. The van der Waals surface area contributed by atoms with Gasteiger partial charge in [-0.05, 0) is 29.8 Å². The Morgan fingerprint density at radius 2 is 2.06 bits per heavy atom. The van der Waals surface area contributed by atoms with Crippen LogP contribution in [-0.2, 0) is 0 Å². The Hall–Kier alpha value is -1.91. The lowest BCUT2D eigenvalue weighted by Gasteiger charge is -2.00. The fraction of sp³-hybridized carbons (Fsp3) is 0.167. The number of allylic oxidation sites excluding steroid dienone is 1. The summed E-state index contributed by atoms with van der Waals surface area (Å²) in [6.45, 7) is 0. The predicted molar refractivity (Wildman–Crippen MR) is 59.9 cm³/mol. The van der Waals surface area contributed by atoms with Crippen LogP contribution in [-0.4, -0.2) is 18.3 Å². The van der Waals surface area contributed by atoms with Gasteiger partial charge in [0.25, 0.3) is 0 Å². The number of rotatable bonds is 2. The maximum atomic E-state index is 12.1. The topological polar surface area (TPSA) is 25.0 Å². The molecule has 0 aliphatic heterocycles. The number of alkyl halides is 3. The van der Waals surface area contributed by atoms with Gasteiger partial charge in [0.2, 0.25) is 0 Å². The van der Waals surface area contributed by atoms with Gasteiger partial charge in [-0.15, -0.1) is 0 Å². The average molecular weight is 241 g/mol. The van der Waals surface area contributed by atoms with Crippen molar-refractivity contribution in [2.24, 2.45) is 0 Å². The fourth-order valence-electron chi connectivity index (χ4n) is 1.57. The number of nitrogens with one attached hydrogen (secondary N) is 1. The number of hydrogen-bond acceptors (Lipinski definition) is 1. The summed E-state index contributed by atoms with van der Waals surface area (Å²) in [5.74, 6) is 0.610. The van der Waals surface area contributed by atoms with E-state index in [0.29, 0.717) is 16.7 Å². The highest BCUT2D eigenvalue weighted by Gasteiger charge is 2.22. The summed E-state index contributed by atoms with van der Waals surface area (Å²) in [6, 6.07) is 5.21. The van der Waals surface area contributed by atoms with Crippen molar-refractivity contribution in [1.82, 2.24) is 4.98 Å². The molecule has 1 aromatic heterocycles. The summed E-state index contributed by atoms with van der Waals surface area (Å²) < 4.78 is 41.2. The molecule has 90 valence electrons. The number of aromatic amines is 1. The van der Waals surface area contributed by atoms with Gasteiger partial charge in [0.15, 0.2) is 0 Å². The lowest BCUT2D eigenvalue weighted by atomic mass is 10.1. The molecule has 0 spiro atoms. The lowest BCUT2D eigenvalue weighted by Crippen LogP contribution is -1.99. The van der Waals surface area contributed by atoms with E-state index in [2.05, 4.69) is 4.98 Å². The van der Waals surface area contributed by atoms with E-state index in [-0.39, 0.29) is 6.08 Å². The van der Waals surface area contributed by atoms with Crippen molar-refractivity contribution < 1.29 is 17.9 Å². The van der Waals surface area contributed by atoms with Crippen LogP contribution in [0.25, 0.3) is 17.0 Å². The van der Waals surface area contributed by atoms with Crippen molar-refractivity contribution in [3.8, 4) is 5.75 Å². The van der Waals surface area contributed by atoms with E-state index >= 15 is 0 Å². The van der Waals surface area contributed by atoms with E-state index in [1.165, 1.54) is 13.3 Å². The summed E-state index contributed by atoms with van der Waals surface area (Å²) in [5.41, 5.74) is 1.25. The first kappa shape index (κ1) is 11.6. The number of fused-ring (bicyclic) bond motifs is 1. The van der Waals surface area contributed by atoms with Crippen LogP contribution in [0.4, 0.5) is 13.2 Å². The van der Waals surface area contributed by atoms with E-state index in [0.717, 1.165) is 11.6 Å². The highest BCUT2D eigenvalue weighted by atomic mass is 19.4. The zero-order chi connectivity index (χ0) is 12.5. The molecule has 0 radical (unpaired) electrons. The molecule has 2 nitrogen and oxygen atoms in total. The van der Waals surface area contributed by atoms with Crippen LogP contribution in [0.15, 0.2) is 30.5 Å². The van der Waals surface area contributed by atoms with Gasteiger partial charge in [-0.1, -0.05) is 0 Å². The van der Waals surface area contributed by atoms with Crippen molar-refractivity contribution in [2.75, 3.05) is 7.11 Å². The van der Waals surface area contributed by atoms with E-state index in [1.807, 2.05) is 0 Å². The summed E-state index contributed by atoms with van der Waals surface area (Å²) >= 11 is 0. The van der Waals surface area contributed by atoms with Gasteiger partial charge in [0.05, 0.1) is 7.11 Å². The molecule has 0 aliphatic rings. The smallest absolute Gasteiger partial charge is 0.409 e. The number of halogens is 3. The zero-order valence-corrected chi connectivity index (χ0v) is 9.01. The molecular weight excluding hydrogens is 231 g/mol. The zero-order valence-electron chi connectivity index (χ0n) is 9.01. The minimum absolute atomic E-state index is 0.217. The minimum Gasteiger partial charge on any atom is -0.497 e. The Labute approximate surface area is 95.7 Å². The Morgan fingerprint density at radius 1 is 1.29 bits per heavy atom. The molecule has 1 N–H and O–H groups in total. The lowest BCUT2D eigenvalue weighted by molar-refractivity contribution is -0.0790. The van der Waals surface area contributed by atoms with Crippen LogP contribution in [0, 0.1) is 0 Å². The van der Waals surface area contributed by atoms with Gasteiger partial charge in [0, 0.05) is 23.2 Å². The Kier molecular flexibility index (Phi) is 2.83. The van der Waals surface area contributed by atoms with E-state index < -0.39 is 6.18 Å². The second kappa shape index (κ2) is 4.16. The Bertz CT molecular complexity index is 554. The van der Waals surface area contributed by atoms with Crippen LogP contribution in [0.2, 0.25) is 0 Å². The molecule has 1 aromatic carbocycles. The highest BCUT2D eigenvalue weighted by Crippen LogP contribution is 2.26. The van der Waals surface area contributed by atoms with Gasteiger partial charge in [-0.3, -0.25) is 0 Å². The second-order valence-electron chi connectivity index (χ2n) is 3.53. The molecule has 0 saturated carbocycles. The number of H-pyrrole nitrogens is 1. The van der Waals surface area contributed by atoms with Crippen molar-refractivity contribution in [1.29, 1.82) is 0 Å². The van der Waals surface area contributed by atoms with Crippen molar-refractivity contribution in [3.05, 3.63) is 36.0 Å². The SMILES string of the molecule is COc1ccc2[nH]cc(C=CC(F)(F)F)c2c1. The molecular formula is C12H10F3NO. The number of hydrogen-bond donors (Lipinski definition) is 1. The summed E-state index contributed by atoms with van der Waals surface area (Å²) in [6.07, 6.45) is -1.51. The van der Waals surface area contributed by atoms with Gasteiger partial charge in [-0.25, -0.2) is 0 Å². The third kappa shape index (κ3) is 2.61. The molecule has 0 aliphatic carbocycles. The first-order chi connectivity index (χ1) is 7.99. The minimum atomic E-state index is -4.30. The van der Waals surface area contributed by atoms with E-state index in [4.69, 9.17) is 4.74 Å². The van der Waals surface area contributed by atoms with Crippen molar-refractivity contribution in [3.63, 3.8) is 0 Å². The molecule has 0 bridgehead atoms. The molecule has 1 heterocycles. The molecule has 17 heavy (non-hydrogen) atoms. The predicted octanol–water partition coefficient (Wildman–Crippen LogP) is 3.75. The monoisotopic (exact) mass is 241 g/mol. The van der Waals surface area contributed by atoms with Gasteiger partial charge < -0.3 is 9.72 Å². The molecule has 2 rings (SSSR count). The fourth-order valence-corrected chi connectivity index (χ4v) is 1.57. The van der Waals surface area contributed by atoms with E-state index in [1.54, 1.807) is 18.2 Å². The average Bonchev–Trinajstić information content (AvgIpc) is 2.67. The number of methoxy groups -OCH3 is 1. The number of benzene rings is 1. The van der Waals surface area contributed by atoms with Gasteiger partial charge in [0.1, 0.15) is 5.75 Å². The maximum absolute atomic E-state index is 12.1. The van der Waals surface area contributed by atoms with Crippen molar-refractivity contribution in [2.45, 2.75) is 6.18 Å². The number of aromatic nitrogens is 1. The second-order valence-corrected chi connectivity index (χ2v) is 3.53. The molecule has 0 saturated heterocycles. The summed E-state index contributed by atoms with van der Waals surface area (Å²) in [4.78, 5) is 2.90. The van der Waals surface area contributed by atoms with Crippen LogP contribution in [0.5, 0.6) is 5.75 Å². The largest absolute Gasteiger partial charge is 0.497 e. The first-order valence-corrected chi connectivity index (χ1v) is 4.91. The van der Waals surface area contributed by atoms with Crippen LogP contribution in [0.1, 0.15) is 5.56 Å². The van der Waals surface area contributed by atoms with Crippen LogP contribution < -0.4 is 4.74 Å². The number of ether oxygens (including phenoxy) is 1. The van der Waals surface area contributed by atoms with Crippen LogP contribution >= 0.6 is 0 Å². The third-order valence-corrected chi connectivity index (χ3v) is 2.37. The Morgan fingerprint density at radius 3 is 2.71 bits per heavy atom. The normalized spacial score (nSPS) is 12.5. The summed E-state index contributed by atoms with van der Waals surface area (Å²) in [5, 5.41) is 0.699. The Balaban J connectivity index is 2.44. The highest BCUT2D eigenvalue weighted by molar-refractivity contribution is 5.89. The third-order valence-electron chi connectivity index (χ3n) is 2.37. The quantitative estimate of drug-likeness (QED) is 0.850. The summed E-state index contributed by atoms with van der Waals surface area (Å²) in [7, 11) is 1.51.